The van der Waals surface area contributed by atoms with Gasteiger partial charge in [0.25, 0.3) is 11.8 Å². The van der Waals surface area contributed by atoms with Crippen molar-refractivity contribution in [1.82, 2.24) is 13.9 Å². The van der Waals surface area contributed by atoms with Gasteiger partial charge < -0.3 is 14.5 Å². The topological polar surface area (TPSA) is 99.3 Å². The summed E-state index contributed by atoms with van der Waals surface area (Å²) in [4.78, 5) is 31.1. The highest BCUT2D eigenvalue weighted by atomic mass is 32.2. The molecule has 0 spiro atoms. The quantitative estimate of drug-likeness (QED) is 0.581. The van der Waals surface area contributed by atoms with Gasteiger partial charge in [-0.05, 0) is 53.7 Å². The van der Waals surface area contributed by atoms with Crippen LogP contribution < -0.4 is 9.62 Å². The molecular formula is C31H38N4O5S. The fourth-order valence-corrected chi connectivity index (χ4v) is 7.51. The van der Waals surface area contributed by atoms with E-state index in [1.165, 1.54) is 44.5 Å². The summed E-state index contributed by atoms with van der Waals surface area (Å²) in [7, 11) is -1.18. The largest absolute Gasteiger partial charge is 0.378 e. The predicted molar refractivity (Wildman–Crippen MR) is 158 cm³/mol. The van der Waals surface area contributed by atoms with Crippen molar-refractivity contribution in [1.29, 1.82) is 0 Å². The first-order chi connectivity index (χ1) is 19.7. The average molecular weight is 579 g/mol. The van der Waals surface area contributed by atoms with Crippen LogP contribution in [0.2, 0.25) is 0 Å². The van der Waals surface area contributed by atoms with Gasteiger partial charge in [0.1, 0.15) is 0 Å². The minimum atomic E-state index is -3.94. The van der Waals surface area contributed by atoms with Crippen LogP contribution in [0, 0.1) is 5.92 Å². The summed E-state index contributed by atoms with van der Waals surface area (Å²) in [5, 5.41) is 0. The molecule has 9 nitrogen and oxygen atoms in total. The lowest BCUT2D eigenvalue weighted by atomic mass is 9.73. The Kier molecular flexibility index (Phi) is 7.65. The molecule has 2 atom stereocenters. The summed E-state index contributed by atoms with van der Waals surface area (Å²) in [6, 6.07) is 13.9. The van der Waals surface area contributed by atoms with Crippen molar-refractivity contribution in [3.05, 3.63) is 70.3 Å². The van der Waals surface area contributed by atoms with E-state index in [4.69, 9.17) is 4.74 Å². The van der Waals surface area contributed by atoms with Gasteiger partial charge in [0.05, 0.1) is 19.3 Å². The number of anilines is 1. The lowest BCUT2D eigenvalue weighted by Crippen LogP contribution is -2.43. The third kappa shape index (κ3) is 5.29. The second-order valence-corrected chi connectivity index (χ2v) is 13.6. The zero-order valence-corrected chi connectivity index (χ0v) is 24.5. The van der Waals surface area contributed by atoms with E-state index < -0.39 is 16.1 Å². The first kappa shape index (κ1) is 27.9. The van der Waals surface area contributed by atoms with Crippen LogP contribution in [0.3, 0.4) is 0 Å². The van der Waals surface area contributed by atoms with Crippen molar-refractivity contribution < 1.29 is 22.7 Å². The second-order valence-electron chi connectivity index (χ2n) is 11.7. The van der Waals surface area contributed by atoms with E-state index in [0.717, 1.165) is 28.4 Å². The van der Waals surface area contributed by atoms with Gasteiger partial charge in [0.2, 0.25) is 0 Å². The number of nitrogens with one attached hydrogen (secondary N) is 1. The molecule has 1 saturated carbocycles. The highest BCUT2D eigenvalue weighted by molar-refractivity contribution is 7.87. The number of morpholine rings is 1. The van der Waals surface area contributed by atoms with Crippen LogP contribution in [0.15, 0.2) is 48.0 Å². The van der Waals surface area contributed by atoms with Gasteiger partial charge in [-0.2, -0.15) is 12.7 Å². The van der Waals surface area contributed by atoms with Crippen LogP contribution in [0.4, 0.5) is 5.69 Å². The van der Waals surface area contributed by atoms with Crippen molar-refractivity contribution in [3.8, 4) is 0 Å². The maximum atomic E-state index is 13.8. The first-order valence-electron chi connectivity index (χ1n) is 14.6. The minimum Gasteiger partial charge on any atom is -0.378 e. The van der Waals surface area contributed by atoms with Crippen LogP contribution in [0.25, 0.3) is 6.08 Å². The highest BCUT2D eigenvalue weighted by Crippen LogP contribution is 2.56. The number of rotatable bonds is 5. The van der Waals surface area contributed by atoms with Crippen LogP contribution in [-0.2, 0) is 19.7 Å². The molecule has 3 heterocycles. The fourth-order valence-electron chi connectivity index (χ4n) is 6.97. The second kappa shape index (κ2) is 11.2. The van der Waals surface area contributed by atoms with E-state index in [1.54, 1.807) is 6.07 Å². The molecule has 10 heteroatoms. The molecule has 0 bridgehead atoms. The lowest BCUT2D eigenvalue weighted by Gasteiger charge is -2.36. The summed E-state index contributed by atoms with van der Waals surface area (Å²) in [5.41, 5.74) is 5.30. The number of fused-ring (bicyclic) bond motifs is 5. The number of amides is 2. The third-order valence-corrected chi connectivity index (χ3v) is 10.5. The Morgan fingerprint density at radius 2 is 1.71 bits per heavy atom. The molecule has 218 valence electrons. The monoisotopic (exact) mass is 578 g/mol. The molecule has 2 aromatic rings. The van der Waals surface area contributed by atoms with Gasteiger partial charge in [0, 0.05) is 56.5 Å². The summed E-state index contributed by atoms with van der Waals surface area (Å²) in [6.45, 7) is 2.60. The number of ether oxygens (including phenoxy) is 1. The molecule has 3 aliphatic heterocycles. The smallest absolute Gasteiger partial charge is 0.303 e. The summed E-state index contributed by atoms with van der Waals surface area (Å²) in [5.74, 6) is 0.0306. The van der Waals surface area contributed by atoms with Crippen molar-refractivity contribution in [2.45, 2.75) is 44.1 Å². The highest BCUT2D eigenvalue weighted by Gasteiger charge is 2.46. The Hall–Kier alpha value is -3.21. The Morgan fingerprint density at radius 1 is 0.976 bits per heavy atom. The number of carbonyl (C=O) groups is 2. The Labute approximate surface area is 242 Å². The van der Waals surface area contributed by atoms with Crippen molar-refractivity contribution in [3.63, 3.8) is 0 Å². The summed E-state index contributed by atoms with van der Waals surface area (Å²) < 4.78 is 33.5. The molecule has 1 saturated heterocycles. The molecule has 2 amide bonds. The van der Waals surface area contributed by atoms with Crippen molar-refractivity contribution in [2.24, 2.45) is 5.92 Å². The number of carbonyl (C=O) groups excluding carboxylic acids is 2. The fraction of sp³-hybridized carbons (Fsp3) is 0.484. The third-order valence-electron chi connectivity index (χ3n) is 9.06. The molecule has 4 aliphatic rings. The minimum absolute atomic E-state index is 0.0115. The SMILES string of the molecule is CN(C)S(=O)(=O)NC(=O)c1ccc2c(c1)N1CC(C(=O)N3CCOCC3)=Cc3ccccc3C1C2C1CCCCC1. The summed E-state index contributed by atoms with van der Waals surface area (Å²) in [6.07, 6.45) is 7.99. The molecule has 0 radical (unpaired) electrons. The van der Waals surface area contributed by atoms with Crippen molar-refractivity contribution >= 4 is 33.8 Å². The molecule has 6 rings (SSSR count). The number of benzene rings is 2. The number of hydrogen-bond donors (Lipinski definition) is 1. The van der Waals surface area contributed by atoms with E-state index in [2.05, 4.69) is 27.8 Å². The molecule has 41 heavy (non-hydrogen) atoms. The van der Waals surface area contributed by atoms with E-state index in [0.29, 0.717) is 44.3 Å². The molecule has 1 aliphatic carbocycles. The molecular weight excluding hydrogens is 540 g/mol. The average Bonchev–Trinajstić information content (AvgIpc) is 3.19. The lowest BCUT2D eigenvalue weighted by molar-refractivity contribution is -0.131. The van der Waals surface area contributed by atoms with Gasteiger partial charge in [-0.3, -0.25) is 9.59 Å². The van der Waals surface area contributed by atoms with Crippen LogP contribution in [-0.4, -0.2) is 76.4 Å². The Bertz CT molecular complexity index is 1480. The normalized spacial score (nSPS) is 22.9. The van der Waals surface area contributed by atoms with Crippen LogP contribution >= 0.6 is 0 Å². The van der Waals surface area contributed by atoms with Gasteiger partial charge in [-0.15, -0.1) is 0 Å². The van der Waals surface area contributed by atoms with E-state index >= 15 is 0 Å². The maximum Gasteiger partial charge on any atom is 0.303 e. The summed E-state index contributed by atoms with van der Waals surface area (Å²) >= 11 is 0. The van der Waals surface area contributed by atoms with Gasteiger partial charge in [-0.25, -0.2) is 4.72 Å². The number of hydrogen-bond acceptors (Lipinski definition) is 6. The van der Waals surface area contributed by atoms with E-state index in [9.17, 15) is 18.0 Å². The Balaban J connectivity index is 1.44. The first-order valence-corrected chi connectivity index (χ1v) is 16.0. The van der Waals surface area contributed by atoms with Gasteiger partial charge in [0.15, 0.2) is 0 Å². The number of nitrogens with zero attached hydrogens (tertiary/aromatic N) is 3. The predicted octanol–water partition coefficient (Wildman–Crippen LogP) is 3.70. The van der Waals surface area contributed by atoms with Gasteiger partial charge >= 0.3 is 10.2 Å². The Morgan fingerprint density at radius 3 is 2.44 bits per heavy atom. The van der Waals surface area contributed by atoms with Crippen LogP contribution in [0.5, 0.6) is 0 Å². The molecule has 2 unspecified atom stereocenters. The maximum absolute atomic E-state index is 13.8. The van der Waals surface area contributed by atoms with Crippen LogP contribution in [0.1, 0.15) is 71.1 Å². The zero-order chi connectivity index (χ0) is 28.7. The molecule has 0 aromatic heterocycles. The standard InChI is InChI=1S/C31H38N4O5S/c1-33(2)41(38,39)32-30(36)23-12-13-26-27(19-23)35-20-24(31(37)34-14-16-40-17-15-34)18-22-10-6-7-11-25(22)29(35)28(26)21-8-4-3-5-9-21/h6-7,10-13,18-19,21,28-29H,3-5,8-9,14-17,20H2,1-2H3,(H,32,36). The van der Waals surface area contributed by atoms with Crippen molar-refractivity contribution in [2.75, 3.05) is 51.8 Å². The molecule has 1 N–H and O–H groups in total. The van der Waals surface area contributed by atoms with Gasteiger partial charge in [-0.1, -0.05) is 49.6 Å². The zero-order valence-electron chi connectivity index (χ0n) is 23.7. The molecule has 2 fully saturated rings. The van der Waals surface area contributed by atoms with E-state index in [1.807, 2.05) is 29.2 Å². The van der Waals surface area contributed by atoms with E-state index in [-0.39, 0.29) is 23.4 Å². The molecule has 2 aromatic carbocycles.